The molecule has 1 amide bonds. The van der Waals surface area contributed by atoms with Gasteiger partial charge in [0.25, 0.3) is 0 Å². The highest BCUT2D eigenvalue weighted by Crippen LogP contribution is 2.23. The molecule has 0 radical (unpaired) electrons. The number of likely N-dealkylation sites (N-methyl/N-ethyl adjacent to an activating group) is 1. The Bertz CT molecular complexity index is 449. The standard InChI is InChI=1S/C14H26N2O6/c1-12(2,3)20-9(17)14(7,10(18)22-15)16(8)11(19)21-13(4,5)6/h15H2,1-8H3/t14-/m1/s1. The first-order valence-electron chi connectivity index (χ1n) is 6.76. The van der Waals surface area contributed by atoms with E-state index in [1.807, 2.05) is 0 Å². The summed E-state index contributed by atoms with van der Waals surface area (Å²) in [5.74, 6) is 2.79. The van der Waals surface area contributed by atoms with Gasteiger partial charge in [0.1, 0.15) is 11.2 Å². The largest absolute Gasteiger partial charge is 0.458 e. The summed E-state index contributed by atoms with van der Waals surface area (Å²) in [6.07, 6.45) is -0.883. The van der Waals surface area contributed by atoms with Crippen LogP contribution in [0.5, 0.6) is 0 Å². The van der Waals surface area contributed by atoms with Crippen molar-refractivity contribution in [2.24, 2.45) is 5.90 Å². The lowest BCUT2D eigenvalue weighted by Crippen LogP contribution is -2.61. The lowest BCUT2D eigenvalue weighted by molar-refractivity contribution is -0.179. The second kappa shape index (κ2) is 6.51. The van der Waals surface area contributed by atoms with Crippen molar-refractivity contribution in [1.29, 1.82) is 0 Å². The molecule has 0 aliphatic heterocycles. The minimum atomic E-state index is -2.07. The van der Waals surface area contributed by atoms with E-state index in [-0.39, 0.29) is 0 Å². The molecule has 2 N–H and O–H groups in total. The normalized spacial score (nSPS) is 14.6. The molecule has 8 nitrogen and oxygen atoms in total. The summed E-state index contributed by atoms with van der Waals surface area (Å²) >= 11 is 0. The lowest BCUT2D eigenvalue weighted by atomic mass is 10.0. The maximum absolute atomic E-state index is 12.4. The summed E-state index contributed by atoms with van der Waals surface area (Å²) in [6.45, 7) is 11.0. The average molecular weight is 318 g/mol. The van der Waals surface area contributed by atoms with Crippen LogP contribution in [0.4, 0.5) is 4.79 Å². The molecule has 0 aliphatic carbocycles. The molecular weight excluding hydrogens is 292 g/mol. The molecule has 0 fully saturated rings. The maximum atomic E-state index is 12.4. The first-order chi connectivity index (χ1) is 9.65. The molecule has 0 rings (SSSR count). The first kappa shape index (κ1) is 20.2. The van der Waals surface area contributed by atoms with Gasteiger partial charge in [-0.1, -0.05) is 0 Å². The van der Waals surface area contributed by atoms with Crippen molar-refractivity contribution in [2.75, 3.05) is 7.05 Å². The van der Waals surface area contributed by atoms with Gasteiger partial charge in [0.2, 0.25) is 5.54 Å². The van der Waals surface area contributed by atoms with Crippen molar-refractivity contribution in [3.8, 4) is 0 Å². The molecule has 0 aromatic heterocycles. The van der Waals surface area contributed by atoms with Gasteiger partial charge in [0.15, 0.2) is 0 Å². The molecule has 0 spiro atoms. The lowest BCUT2D eigenvalue weighted by Gasteiger charge is -2.36. The second-order valence-electron chi connectivity index (χ2n) is 7.02. The Kier molecular flexibility index (Phi) is 5.97. The summed E-state index contributed by atoms with van der Waals surface area (Å²) in [5.41, 5.74) is -3.72. The van der Waals surface area contributed by atoms with Crippen LogP contribution in [0.25, 0.3) is 0 Å². The van der Waals surface area contributed by atoms with E-state index in [9.17, 15) is 14.4 Å². The minimum absolute atomic E-state index is 0.799. The molecule has 0 aromatic rings. The predicted molar refractivity (Wildman–Crippen MR) is 78.5 cm³/mol. The zero-order chi connectivity index (χ0) is 17.9. The average Bonchev–Trinajstić information content (AvgIpc) is 2.31. The Morgan fingerprint density at radius 2 is 1.23 bits per heavy atom. The highest BCUT2D eigenvalue weighted by molar-refractivity contribution is 6.06. The fraction of sp³-hybridized carbons (Fsp3) is 0.786. The number of esters is 1. The fourth-order valence-electron chi connectivity index (χ4n) is 1.36. The van der Waals surface area contributed by atoms with Gasteiger partial charge in [0.05, 0.1) is 0 Å². The van der Waals surface area contributed by atoms with E-state index in [1.54, 1.807) is 41.5 Å². The number of rotatable bonds is 3. The van der Waals surface area contributed by atoms with Gasteiger partial charge in [-0.15, -0.1) is 0 Å². The van der Waals surface area contributed by atoms with E-state index in [1.165, 1.54) is 14.0 Å². The van der Waals surface area contributed by atoms with Crippen molar-refractivity contribution in [3.05, 3.63) is 0 Å². The number of ether oxygens (including phenoxy) is 2. The van der Waals surface area contributed by atoms with Gasteiger partial charge in [0, 0.05) is 7.05 Å². The Hall–Kier alpha value is -1.83. The van der Waals surface area contributed by atoms with Crippen LogP contribution in [-0.4, -0.2) is 46.7 Å². The van der Waals surface area contributed by atoms with Crippen LogP contribution >= 0.6 is 0 Å². The second-order valence-corrected chi connectivity index (χ2v) is 7.02. The monoisotopic (exact) mass is 318 g/mol. The number of hydrogen-bond donors (Lipinski definition) is 1. The van der Waals surface area contributed by atoms with Crippen LogP contribution in [0.15, 0.2) is 0 Å². The van der Waals surface area contributed by atoms with Crippen LogP contribution in [0.2, 0.25) is 0 Å². The molecule has 22 heavy (non-hydrogen) atoms. The van der Waals surface area contributed by atoms with E-state index >= 15 is 0 Å². The van der Waals surface area contributed by atoms with Crippen molar-refractivity contribution in [3.63, 3.8) is 0 Å². The first-order valence-corrected chi connectivity index (χ1v) is 6.76. The Labute approximate surface area is 130 Å². The molecule has 0 unspecified atom stereocenters. The third-order valence-electron chi connectivity index (χ3n) is 2.64. The van der Waals surface area contributed by atoms with Crippen molar-refractivity contribution in [1.82, 2.24) is 4.90 Å². The summed E-state index contributed by atoms with van der Waals surface area (Å²) < 4.78 is 10.3. The number of carbonyl (C=O) groups excluding carboxylic acids is 3. The fourth-order valence-corrected chi connectivity index (χ4v) is 1.36. The van der Waals surface area contributed by atoms with Gasteiger partial charge in [-0.2, -0.15) is 5.90 Å². The highest BCUT2D eigenvalue weighted by Gasteiger charge is 2.52. The highest BCUT2D eigenvalue weighted by atomic mass is 16.7. The van der Waals surface area contributed by atoms with Gasteiger partial charge in [-0.3, -0.25) is 4.90 Å². The van der Waals surface area contributed by atoms with Crippen LogP contribution in [-0.2, 0) is 23.9 Å². The third kappa shape index (κ3) is 5.18. The Morgan fingerprint density at radius 1 is 0.818 bits per heavy atom. The molecule has 0 saturated carbocycles. The van der Waals surface area contributed by atoms with E-state index in [0.29, 0.717) is 0 Å². The third-order valence-corrected chi connectivity index (χ3v) is 2.64. The van der Waals surface area contributed by atoms with Crippen LogP contribution < -0.4 is 5.90 Å². The molecule has 8 heteroatoms. The topological polar surface area (TPSA) is 108 Å². The summed E-state index contributed by atoms with van der Waals surface area (Å²) in [5, 5.41) is 0. The Balaban J connectivity index is 5.57. The van der Waals surface area contributed by atoms with Crippen molar-refractivity contribution >= 4 is 18.0 Å². The van der Waals surface area contributed by atoms with E-state index in [4.69, 9.17) is 15.4 Å². The van der Waals surface area contributed by atoms with Gasteiger partial charge in [-0.25, -0.2) is 14.4 Å². The molecular formula is C14H26N2O6. The number of carbonyl (C=O) groups is 3. The molecule has 0 saturated heterocycles. The van der Waals surface area contributed by atoms with Crippen molar-refractivity contribution < 1.29 is 28.7 Å². The molecule has 0 heterocycles. The quantitative estimate of drug-likeness (QED) is 0.475. The SMILES string of the molecule is CN(C(=O)OC(C)(C)C)[C@@](C)(C(=O)ON)C(=O)OC(C)(C)C. The molecule has 0 bridgehead atoms. The molecule has 0 aromatic carbocycles. The molecule has 1 atom stereocenters. The van der Waals surface area contributed by atoms with Crippen molar-refractivity contribution in [2.45, 2.75) is 65.2 Å². The van der Waals surface area contributed by atoms with Crippen LogP contribution in [0.1, 0.15) is 48.5 Å². The zero-order valence-corrected chi connectivity index (χ0v) is 14.5. The number of hydrogen-bond acceptors (Lipinski definition) is 7. The van der Waals surface area contributed by atoms with Gasteiger partial charge < -0.3 is 14.3 Å². The predicted octanol–water partition coefficient (Wildman–Crippen LogP) is 1.37. The minimum Gasteiger partial charge on any atom is -0.458 e. The summed E-state index contributed by atoms with van der Waals surface area (Å²) in [6, 6.07) is 0. The zero-order valence-electron chi connectivity index (χ0n) is 14.5. The summed E-state index contributed by atoms with van der Waals surface area (Å²) in [7, 11) is 1.23. The smallest absolute Gasteiger partial charge is 0.411 e. The van der Waals surface area contributed by atoms with Crippen LogP contribution in [0, 0.1) is 0 Å². The number of nitrogens with two attached hydrogens (primary N) is 1. The number of amides is 1. The Morgan fingerprint density at radius 3 is 1.55 bits per heavy atom. The molecule has 0 aliphatic rings. The van der Waals surface area contributed by atoms with Gasteiger partial charge in [-0.05, 0) is 48.5 Å². The van der Waals surface area contributed by atoms with Crippen LogP contribution in [0.3, 0.4) is 0 Å². The van der Waals surface area contributed by atoms with E-state index in [2.05, 4.69) is 4.84 Å². The van der Waals surface area contributed by atoms with Gasteiger partial charge >= 0.3 is 18.0 Å². The van der Waals surface area contributed by atoms with E-state index < -0.39 is 34.8 Å². The number of nitrogens with zero attached hydrogens (tertiary/aromatic N) is 1. The maximum Gasteiger partial charge on any atom is 0.411 e. The van der Waals surface area contributed by atoms with E-state index in [0.717, 1.165) is 4.90 Å². The summed E-state index contributed by atoms with van der Waals surface area (Å²) in [4.78, 5) is 41.5. The molecule has 128 valence electrons.